The van der Waals surface area contributed by atoms with Crippen molar-refractivity contribution in [2.45, 2.75) is 32.7 Å². The van der Waals surface area contributed by atoms with Gasteiger partial charge in [-0.1, -0.05) is 45.0 Å². The number of hydrogen-bond donors (Lipinski definition) is 1. The van der Waals surface area contributed by atoms with Crippen molar-refractivity contribution in [2.24, 2.45) is 0 Å². The highest BCUT2D eigenvalue weighted by Gasteiger charge is 2.23. The van der Waals surface area contributed by atoms with Crippen LogP contribution >= 0.6 is 0 Å². The molecule has 1 aliphatic heterocycles. The van der Waals surface area contributed by atoms with Gasteiger partial charge in [-0.05, 0) is 35.2 Å². The van der Waals surface area contributed by atoms with Gasteiger partial charge in [-0.3, -0.25) is 14.5 Å². The van der Waals surface area contributed by atoms with Gasteiger partial charge in [0, 0.05) is 31.7 Å². The predicted octanol–water partition coefficient (Wildman–Crippen LogP) is 3.18. The Bertz CT molecular complexity index is 1100. The van der Waals surface area contributed by atoms with Crippen LogP contribution < -0.4 is 5.56 Å². The van der Waals surface area contributed by atoms with Gasteiger partial charge in [-0.25, -0.2) is 4.98 Å². The summed E-state index contributed by atoms with van der Waals surface area (Å²) in [6.45, 7) is 9.91. The number of nitrogens with zero attached hydrogens (tertiary/aromatic N) is 3. The molecule has 2 aromatic carbocycles. The third-order valence-electron chi connectivity index (χ3n) is 5.69. The fraction of sp³-hybridized carbons (Fsp3) is 0.375. The Morgan fingerprint density at radius 1 is 1.00 bits per heavy atom. The fourth-order valence-corrected chi connectivity index (χ4v) is 3.83. The van der Waals surface area contributed by atoms with Gasteiger partial charge in [0.2, 0.25) is 0 Å². The summed E-state index contributed by atoms with van der Waals surface area (Å²) in [5.74, 6) is 0.739. The molecule has 3 aromatic rings. The van der Waals surface area contributed by atoms with Crippen LogP contribution in [-0.2, 0) is 12.0 Å². The molecule has 4 rings (SSSR count). The molecule has 6 nitrogen and oxygen atoms in total. The smallest absolute Gasteiger partial charge is 0.258 e. The number of H-pyrrole nitrogens is 1. The Morgan fingerprint density at radius 2 is 1.67 bits per heavy atom. The van der Waals surface area contributed by atoms with Crippen LogP contribution in [0.3, 0.4) is 0 Å². The maximum absolute atomic E-state index is 12.9. The number of carbonyl (C=O) groups is 1. The number of aromatic nitrogens is 2. The molecule has 0 spiro atoms. The number of piperazine rings is 1. The molecule has 0 radical (unpaired) electrons. The zero-order valence-electron chi connectivity index (χ0n) is 17.8. The second kappa shape index (κ2) is 8.03. The van der Waals surface area contributed by atoms with Gasteiger partial charge in [0.05, 0.1) is 17.4 Å². The third-order valence-corrected chi connectivity index (χ3v) is 5.69. The lowest BCUT2D eigenvalue weighted by Gasteiger charge is -2.34. The summed E-state index contributed by atoms with van der Waals surface area (Å²) < 4.78 is 0. The van der Waals surface area contributed by atoms with Gasteiger partial charge in [-0.2, -0.15) is 0 Å². The predicted molar refractivity (Wildman–Crippen MR) is 119 cm³/mol. The molecular formula is C24H28N4O2. The van der Waals surface area contributed by atoms with Gasteiger partial charge >= 0.3 is 0 Å². The molecule has 0 aliphatic carbocycles. The molecule has 0 atom stereocenters. The molecule has 1 N–H and O–H groups in total. The number of aromatic amines is 1. The first-order chi connectivity index (χ1) is 14.3. The molecule has 2 heterocycles. The van der Waals surface area contributed by atoms with Crippen LogP contribution in [0, 0.1) is 0 Å². The second-order valence-electron chi connectivity index (χ2n) is 8.93. The van der Waals surface area contributed by atoms with Crippen molar-refractivity contribution in [3.05, 3.63) is 75.8 Å². The minimum atomic E-state index is -0.108. The fourth-order valence-electron chi connectivity index (χ4n) is 3.83. The number of amides is 1. The number of rotatable bonds is 3. The van der Waals surface area contributed by atoms with E-state index in [1.165, 1.54) is 5.56 Å². The van der Waals surface area contributed by atoms with Gasteiger partial charge in [0.1, 0.15) is 5.82 Å². The monoisotopic (exact) mass is 404 g/mol. The highest BCUT2D eigenvalue weighted by atomic mass is 16.2. The van der Waals surface area contributed by atoms with Crippen LogP contribution in [0.5, 0.6) is 0 Å². The van der Waals surface area contributed by atoms with Gasteiger partial charge in [0.15, 0.2) is 0 Å². The van der Waals surface area contributed by atoms with Crippen LogP contribution in [0.4, 0.5) is 0 Å². The van der Waals surface area contributed by atoms with Crippen molar-refractivity contribution >= 4 is 16.8 Å². The molecular weight excluding hydrogens is 376 g/mol. The maximum atomic E-state index is 12.9. The number of hydrogen-bond acceptors (Lipinski definition) is 4. The molecule has 1 saturated heterocycles. The summed E-state index contributed by atoms with van der Waals surface area (Å²) in [7, 11) is 0. The zero-order chi connectivity index (χ0) is 21.3. The van der Waals surface area contributed by atoms with E-state index >= 15 is 0 Å². The van der Waals surface area contributed by atoms with Crippen molar-refractivity contribution < 1.29 is 4.79 Å². The Balaban J connectivity index is 1.38. The third kappa shape index (κ3) is 4.28. The molecule has 1 aliphatic rings. The molecule has 1 amide bonds. The summed E-state index contributed by atoms with van der Waals surface area (Å²) in [6, 6.07) is 15.3. The number of nitrogens with one attached hydrogen (secondary N) is 1. The zero-order valence-corrected chi connectivity index (χ0v) is 17.8. The first kappa shape index (κ1) is 20.3. The summed E-state index contributed by atoms with van der Waals surface area (Å²) in [5, 5.41) is 0.606. The minimum absolute atomic E-state index is 0.0744. The second-order valence-corrected chi connectivity index (χ2v) is 8.93. The number of para-hydroxylation sites is 1. The topological polar surface area (TPSA) is 69.3 Å². The van der Waals surface area contributed by atoms with E-state index in [2.05, 4.69) is 35.6 Å². The summed E-state index contributed by atoms with van der Waals surface area (Å²) >= 11 is 0. The Kier molecular flexibility index (Phi) is 5.43. The Hall–Kier alpha value is -2.99. The summed E-state index contributed by atoms with van der Waals surface area (Å²) in [4.78, 5) is 36.7. The van der Waals surface area contributed by atoms with Crippen molar-refractivity contribution in [3.8, 4) is 0 Å². The van der Waals surface area contributed by atoms with E-state index in [0.29, 0.717) is 36.4 Å². The van der Waals surface area contributed by atoms with E-state index in [1.54, 1.807) is 6.07 Å². The highest BCUT2D eigenvalue weighted by molar-refractivity contribution is 5.94. The van der Waals surface area contributed by atoms with E-state index in [0.717, 1.165) is 18.7 Å². The lowest BCUT2D eigenvalue weighted by molar-refractivity contribution is 0.0625. The Labute approximate surface area is 176 Å². The first-order valence-electron chi connectivity index (χ1n) is 10.4. The van der Waals surface area contributed by atoms with E-state index in [1.807, 2.05) is 47.4 Å². The molecule has 1 aromatic heterocycles. The van der Waals surface area contributed by atoms with Crippen molar-refractivity contribution in [3.63, 3.8) is 0 Å². The standard InChI is InChI=1S/C24H28N4O2/c1-24(2,3)18-10-8-17(9-11-18)23(30)28-14-12-27(13-15-28)16-21-25-20-7-5-4-6-19(20)22(29)26-21/h4-11H,12-16H2,1-3H3,(H,25,26,29). The van der Waals surface area contributed by atoms with E-state index in [9.17, 15) is 9.59 Å². The van der Waals surface area contributed by atoms with Crippen LogP contribution in [-0.4, -0.2) is 51.9 Å². The van der Waals surface area contributed by atoms with Crippen LogP contribution in [0.2, 0.25) is 0 Å². The molecule has 0 saturated carbocycles. The maximum Gasteiger partial charge on any atom is 0.258 e. The number of fused-ring (bicyclic) bond motifs is 1. The summed E-state index contributed by atoms with van der Waals surface area (Å²) in [6.07, 6.45) is 0. The van der Waals surface area contributed by atoms with Gasteiger partial charge < -0.3 is 9.88 Å². The van der Waals surface area contributed by atoms with Gasteiger partial charge in [0.25, 0.3) is 11.5 Å². The van der Waals surface area contributed by atoms with Crippen LogP contribution in [0.15, 0.2) is 53.3 Å². The van der Waals surface area contributed by atoms with E-state index < -0.39 is 0 Å². The van der Waals surface area contributed by atoms with Crippen molar-refractivity contribution in [2.75, 3.05) is 26.2 Å². The molecule has 6 heteroatoms. The van der Waals surface area contributed by atoms with Crippen molar-refractivity contribution in [1.29, 1.82) is 0 Å². The largest absolute Gasteiger partial charge is 0.336 e. The van der Waals surface area contributed by atoms with Crippen LogP contribution in [0.1, 0.15) is 42.5 Å². The molecule has 0 bridgehead atoms. The Morgan fingerprint density at radius 3 is 2.33 bits per heavy atom. The molecule has 1 fully saturated rings. The molecule has 0 unspecified atom stereocenters. The van der Waals surface area contributed by atoms with Crippen molar-refractivity contribution in [1.82, 2.24) is 19.8 Å². The SMILES string of the molecule is CC(C)(C)c1ccc(C(=O)N2CCN(Cc3nc4ccccc4c(=O)[nH]3)CC2)cc1. The lowest BCUT2D eigenvalue weighted by Crippen LogP contribution is -2.48. The number of benzene rings is 2. The van der Waals surface area contributed by atoms with Crippen LogP contribution in [0.25, 0.3) is 10.9 Å². The molecule has 156 valence electrons. The quantitative estimate of drug-likeness (QED) is 0.728. The first-order valence-corrected chi connectivity index (χ1v) is 10.4. The normalized spacial score (nSPS) is 15.5. The van der Waals surface area contributed by atoms with Gasteiger partial charge in [-0.15, -0.1) is 0 Å². The minimum Gasteiger partial charge on any atom is -0.336 e. The average molecular weight is 405 g/mol. The highest BCUT2D eigenvalue weighted by Crippen LogP contribution is 2.22. The van der Waals surface area contributed by atoms with E-state index in [-0.39, 0.29) is 16.9 Å². The average Bonchev–Trinajstić information content (AvgIpc) is 2.73. The van der Waals surface area contributed by atoms with E-state index in [4.69, 9.17) is 0 Å². The number of carbonyl (C=O) groups excluding carboxylic acids is 1. The lowest BCUT2D eigenvalue weighted by atomic mass is 9.86. The molecule has 30 heavy (non-hydrogen) atoms. The summed E-state index contributed by atoms with van der Waals surface area (Å²) in [5.41, 5.74) is 2.63.